The maximum atomic E-state index is 12.6. The van der Waals surface area contributed by atoms with Gasteiger partial charge in [0.1, 0.15) is 5.75 Å². The number of rotatable bonds is 8. The minimum absolute atomic E-state index is 0.199. The van der Waals surface area contributed by atoms with E-state index in [4.69, 9.17) is 9.47 Å². The first kappa shape index (κ1) is 21.1. The standard InChI is InChI=1S/C25H25NO4/c1-18(30-24(27)17-14-19-12-15-21(29-2)16-13-19)25(28)26-23-11-7-6-10-22(23)20-8-4-3-5-9-20/h3-13,15-16,18H,14,17H2,1-2H3,(H,26,28). The first-order chi connectivity index (χ1) is 14.6. The molecule has 5 nitrogen and oxygen atoms in total. The molecule has 1 N–H and O–H groups in total. The van der Waals surface area contributed by atoms with Gasteiger partial charge in [-0.05, 0) is 42.7 Å². The van der Waals surface area contributed by atoms with Gasteiger partial charge in [-0.2, -0.15) is 0 Å². The number of benzene rings is 3. The van der Waals surface area contributed by atoms with E-state index >= 15 is 0 Å². The van der Waals surface area contributed by atoms with Gasteiger partial charge in [0, 0.05) is 17.7 Å². The van der Waals surface area contributed by atoms with Gasteiger partial charge in [-0.15, -0.1) is 0 Å². The maximum absolute atomic E-state index is 12.6. The molecular formula is C25H25NO4. The Morgan fingerprint density at radius 2 is 1.57 bits per heavy atom. The number of hydrogen-bond donors (Lipinski definition) is 1. The molecule has 0 saturated heterocycles. The number of aryl methyl sites for hydroxylation is 1. The Morgan fingerprint density at radius 3 is 2.27 bits per heavy atom. The minimum atomic E-state index is -0.891. The van der Waals surface area contributed by atoms with Crippen LogP contribution in [0.25, 0.3) is 11.1 Å². The smallest absolute Gasteiger partial charge is 0.306 e. The van der Waals surface area contributed by atoms with E-state index in [9.17, 15) is 9.59 Å². The molecule has 1 unspecified atom stereocenters. The third-order valence-corrected chi connectivity index (χ3v) is 4.72. The Morgan fingerprint density at radius 1 is 0.900 bits per heavy atom. The Balaban J connectivity index is 1.55. The number of hydrogen-bond acceptors (Lipinski definition) is 4. The van der Waals surface area contributed by atoms with Gasteiger partial charge in [0.25, 0.3) is 5.91 Å². The Bertz CT molecular complexity index is 984. The number of methoxy groups -OCH3 is 1. The molecule has 0 bridgehead atoms. The lowest BCUT2D eigenvalue weighted by Gasteiger charge is -2.16. The topological polar surface area (TPSA) is 64.6 Å². The SMILES string of the molecule is COc1ccc(CCC(=O)OC(C)C(=O)Nc2ccccc2-c2ccccc2)cc1. The van der Waals surface area contributed by atoms with Crippen molar-refractivity contribution in [2.45, 2.75) is 25.9 Å². The van der Waals surface area contributed by atoms with E-state index in [0.29, 0.717) is 12.1 Å². The van der Waals surface area contributed by atoms with E-state index in [1.807, 2.05) is 78.9 Å². The minimum Gasteiger partial charge on any atom is -0.497 e. The number of carbonyl (C=O) groups excluding carboxylic acids is 2. The van der Waals surface area contributed by atoms with Crippen LogP contribution in [-0.4, -0.2) is 25.1 Å². The number of para-hydroxylation sites is 1. The summed E-state index contributed by atoms with van der Waals surface area (Å²) in [5, 5.41) is 2.87. The molecule has 154 valence electrons. The summed E-state index contributed by atoms with van der Waals surface area (Å²) >= 11 is 0. The Kier molecular flexibility index (Phi) is 7.22. The van der Waals surface area contributed by atoms with E-state index in [2.05, 4.69) is 5.32 Å². The molecule has 3 rings (SSSR count). The zero-order chi connectivity index (χ0) is 21.3. The van der Waals surface area contributed by atoms with Gasteiger partial charge in [-0.3, -0.25) is 9.59 Å². The number of anilines is 1. The highest BCUT2D eigenvalue weighted by molar-refractivity contribution is 5.98. The molecule has 30 heavy (non-hydrogen) atoms. The van der Waals surface area contributed by atoms with Crippen LogP contribution < -0.4 is 10.1 Å². The molecule has 0 fully saturated rings. The monoisotopic (exact) mass is 403 g/mol. The number of amides is 1. The van der Waals surface area contributed by atoms with Crippen LogP contribution in [0.2, 0.25) is 0 Å². The molecule has 0 spiro atoms. The summed E-state index contributed by atoms with van der Waals surface area (Å²) in [6, 6.07) is 24.8. The van der Waals surface area contributed by atoms with Crippen molar-refractivity contribution in [2.24, 2.45) is 0 Å². The van der Waals surface area contributed by atoms with Gasteiger partial charge in [-0.25, -0.2) is 0 Å². The summed E-state index contributed by atoms with van der Waals surface area (Å²) in [6.45, 7) is 1.58. The summed E-state index contributed by atoms with van der Waals surface area (Å²) in [5.74, 6) is -0.0107. The first-order valence-corrected chi connectivity index (χ1v) is 9.84. The van der Waals surface area contributed by atoms with E-state index < -0.39 is 12.1 Å². The van der Waals surface area contributed by atoms with Gasteiger partial charge in [0.15, 0.2) is 6.10 Å². The van der Waals surface area contributed by atoms with Crippen LogP contribution >= 0.6 is 0 Å². The number of ether oxygens (including phenoxy) is 2. The fraction of sp³-hybridized carbons (Fsp3) is 0.200. The zero-order valence-electron chi connectivity index (χ0n) is 17.1. The van der Waals surface area contributed by atoms with Gasteiger partial charge in [0.05, 0.1) is 7.11 Å². The summed E-state index contributed by atoms with van der Waals surface area (Å²) in [6.07, 6.45) is -0.157. The predicted molar refractivity (Wildman–Crippen MR) is 117 cm³/mol. The lowest BCUT2D eigenvalue weighted by atomic mass is 10.0. The molecular weight excluding hydrogens is 378 g/mol. The quantitative estimate of drug-likeness (QED) is 0.545. The number of esters is 1. The van der Waals surface area contributed by atoms with Crippen LogP contribution in [-0.2, 0) is 20.7 Å². The molecule has 0 aliphatic heterocycles. The average Bonchev–Trinajstić information content (AvgIpc) is 2.79. The fourth-order valence-electron chi connectivity index (χ4n) is 3.04. The Labute approximate surface area is 176 Å². The highest BCUT2D eigenvalue weighted by Crippen LogP contribution is 2.27. The van der Waals surface area contributed by atoms with Crippen LogP contribution in [0.1, 0.15) is 18.9 Å². The van der Waals surface area contributed by atoms with Crippen molar-refractivity contribution >= 4 is 17.6 Å². The van der Waals surface area contributed by atoms with Crippen LogP contribution in [0, 0.1) is 0 Å². The summed E-state index contributed by atoms with van der Waals surface area (Å²) in [7, 11) is 1.61. The molecule has 1 atom stereocenters. The molecule has 1 amide bonds. The lowest BCUT2D eigenvalue weighted by Crippen LogP contribution is -2.30. The van der Waals surface area contributed by atoms with E-state index in [-0.39, 0.29) is 12.3 Å². The van der Waals surface area contributed by atoms with Crippen molar-refractivity contribution in [3.8, 4) is 16.9 Å². The molecule has 3 aromatic carbocycles. The van der Waals surface area contributed by atoms with Gasteiger partial charge in [0.2, 0.25) is 0 Å². The van der Waals surface area contributed by atoms with Crippen molar-refractivity contribution in [1.29, 1.82) is 0 Å². The third kappa shape index (κ3) is 5.70. The van der Waals surface area contributed by atoms with E-state index in [0.717, 1.165) is 22.4 Å². The van der Waals surface area contributed by atoms with E-state index in [1.165, 1.54) is 0 Å². The van der Waals surface area contributed by atoms with Crippen molar-refractivity contribution in [3.63, 3.8) is 0 Å². The summed E-state index contributed by atoms with van der Waals surface area (Å²) < 4.78 is 10.4. The second kappa shape index (κ2) is 10.3. The highest BCUT2D eigenvalue weighted by atomic mass is 16.5. The molecule has 0 heterocycles. The average molecular weight is 403 g/mol. The second-order valence-corrected chi connectivity index (χ2v) is 6.88. The van der Waals surface area contributed by atoms with Crippen molar-refractivity contribution in [2.75, 3.05) is 12.4 Å². The van der Waals surface area contributed by atoms with Crippen molar-refractivity contribution in [1.82, 2.24) is 0 Å². The molecule has 0 aliphatic rings. The van der Waals surface area contributed by atoms with E-state index in [1.54, 1.807) is 14.0 Å². The van der Waals surface area contributed by atoms with Crippen molar-refractivity contribution < 1.29 is 19.1 Å². The van der Waals surface area contributed by atoms with Gasteiger partial charge in [-0.1, -0.05) is 60.7 Å². The number of carbonyl (C=O) groups is 2. The highest BCUT2D eigenvalue weighted by Gasteiger charge is 2.19. The number of nitrogens with one attached hydrogen (secondary N) is 1. The van der Waals surface area contributed by atoms with Gasteiger partial charge < -0.3 is 14.8 Å². The van der Waals surface area contributed by atoms with Crippen LogP contribution in [0.15, 0.2) is 78.9 Å². The fourth-order valence-corrected chi connectivity index (χ4v) is 3.04. The Hall–Kier alpha value is -3.60. The summed E-state index contributed by atoms with van der Waals surface area (Å²) in [5.41, 5.74) is 3.58. The molecule has 0 aliphatic carbocycles. The van der Waals surface area contributed by atoms with Crippen LogP contribution in [0.3, 0.4) is 0 Å². The second-order valence-electron chi connectivity index (χ2n) is 6.88. The van der Waals surface area contributed by atoms with Gasteiger partial charge >= 0.3 is 5.97 Å². The molecule has 3 aromatic rings. The summed E-state index contributed by atoms with van der Waals surface area (Å²) in [4.78, 5) is 24.7. The van der Waals surface area contributed by atoms with Crippen LogP contribution in [0.5, 0.6) is 5.75 Å². The predicted octanol–water partition coefficient (Wildman–Crippen LogP) is 4.87. The van der Waals surface area contributed by atoms with Crippen LogP contribution in [0.4, 0.5) is 5.69 Å². The molecule has 0 radical (unpaired) electrons. The molecule has 0 aromatic heterocycles. The van der Waals surface area contributed by atoms with Crippen molar-refractivity contribution in [3.05, 3.63) is 84.4 Å². The first-order valence-electron chi connectivity index (χ1n) is 9.84. The maximum Gasteiger partial charge on any atom is 0.306 e. The third-order valence-electron chi connectivity index (χ3n) is 4.72. The molecule has 5 heteroatoms. The normalized spacial score (nSPS) is 11.4. The largest absolute Gasteiger partial charge is 0.497 e. The molecule has 0 saturated carbocycles. The zero-order valence-corrected chi connectivity index (χ0v) is 17.1. The lowest BCUT2D eigenvalue weighted by molar-refractivity contribution is -0.153.